The highest BCUT2D eigenvalue weighted by Crippen LogP contribution is 2.29. The van der Waals surface area contributed by atoms with E-state index in [1.807, 2.05) is 24.0 Å². The minimum atomic E-state index is 0.689. The zero-order valence-electron chi connectivity index (χ0n) is 8.89. The molecule has 1 heterocycles. The van der Waals surface area contributed by atoms with Gasteiger partial charge in [0, 0.05) is 13.0 Å². The molecule has 0 radical (unpaired) electrons. The number of nitrogens with zero attached hydrogens (tertiary/aromatic N) is 1. The Morgan fingerprint density at radius 3 is 2.87 bits per heavy atom. The van der Waals surface area contributed by atoms with E-state index < -0.39 is 0 Å². The molecule has 15 heavy (non-hydrogen) atoms. The molecular weight excluding hydrogens is 208 g/mol. The van der Waals surface area contributed by atoms with E-state index in [4.69, 9.17) is 17.0 Å². The van der Waals surface area contributed by atoms with Crippen molar-refractivity contribution in [2.24, 2.45) is 0 Å². The molecular formula is C12H15ClN2. The van der Waals surface area contributed by atoms with Crippen LogP contribution in [0.15, 0.2) is 18.2 Å². The summed E-state index contributed by atoms with van der Waals surface area (Å²) < 4.78 is 0. The van der Waals surface area contributed by atoms with Crippen molar-refractivity contribution in [2.45, 2.75) is 26.2 Å². The number of benzene rings is 1. The molecule has 80 valence electrons. The largest absolute Gasteiger partial charge is 0.329 e. The standard InChI is InChI=1S/C12H15ClN2/c1-9-5-6-10(13)11(8-9)15-7-3-2-4-12(15)14/h5-6,8,14H,2-4,7H2,1H3. The normalized spacial score (nSPS) is 16.9. The number of halogens is 1. The van der Waals surface area contributed by atoms with Crippen LogP contribution in [-0.2, 0) is 0 Å². The van der Waals surface area contributed by atoms with Gasteiger partial charge in [-0.2, -0.15) is 0 Å². The minimum absolute atomic E-state index is 0.689. The van der Waals surface area contributed by atoms with Gasteiger partial charge in [-0.25, -0.2) is 0 Å². The maximum Gasteiger partial charge on any atom is 0.100 e. The highest BCUT2D eigenvalue weighted by Gasteiger charge is 2.18. The minimum Gasteiger partial charge on any atom is -0.329 e. The van der Waals surface area contributed by atoms with E-state index in [1.165, 1.54) is 5.56 Å². The van der Waals surface area contributed by atoms with E-state index in [2.05, 4.69) is 6.07 Å². The fraction of sp³-hybridized carbons (Fsp3) is 0.417. The third-order valence-electron chi connectivity index (χ3n) is 2.76. The lowest BCUT2D eigenvalue weighted by molar-refractivity contribution is 0.707. The van der Waals surface area contributed by atoms with Gasteiger partial charge >= 0.3 is 0 Å². The predicted octanol–water partition coefficient (Wildman–Crippen LogP) is 3.62. The van der Waals surface area contributed by atoms with Crippen molar-refractivity contribution in [2.75, 3.05) is 11.4 Å². The molecule has 3 heteroatoms. The highest BCUT2D eigenvalue weighted by molar-refractivity contribution is 6.33. The third-order valence-corrected chi connectivity index (χ3v) is 3.08. The Kier molecular flexibility index (Phi) is 2.96. The number of rotatable bonds is 1. The monoisotopic (exact) mass is 222 g/mol. The molecule has 1 N–H and O–H groups in total. The summed E-state index contributed by atoms with van der Waals surface area (Å²) in [6.07, 6.45) is 3.13. The second-order valence-electron chi connectivity index (χ2n) is 4.01. The van der Waals surface area contributed by atoms with Gasteiger partial charge in [0.2, 0.25) is 0 Å². The lowest BCUT2D eigenvalue weighted by Crippen LogP contribution is -2.34. The van der Waals surface area contributed by atoms with Gasteiger partial charge in [0.1, 0.15) is 5.84 Å². The fourth-order valence-electron chi connectivity index (χ4n) is 1.93. The molecule has 0 bridgehead atoms. The van der Waals surface area contributed by atoms with Gasteiger partial charge in [-0.05, 0) is 37.5 Å². The molecule has 1 aromatic carbocycles. The van der Waals surface area contributed by atoms with Gasteiger partial charge in [0.25, 0.3) is 0 Å². The Labute approximate surface area is 95.4 Å². The van der Waals surface area contributed by atoms with Gasteiger partial charge < -0.3 is 4.90 Å². The first-order chi connectivity index (χ1) is 7.18. The topological polar surface area (TPSA) is 27.1 Å². The van der Waals surface area contributed by atoms with E-state index in [0.717, 1.165) is 36.5 Å². The van der Waals surface area contributed by atoms with E-state index in [9.17, 15) is 0 Å². The van der Waals surface area contributed by atoms with E-state index >= 15 is 0 Å². The summed E-state index contributed by atoms with van der Waals surface area (Å²) in [5.74, 6) is 0.689. The quantitative estimate of drug-likeness (QED) is 0.772. The first-order valence-electron chi connectivity index (χ1n) is 5.29. The Morgan fingerprint density at radius 2 is 2.13 bits per heavy atom. The molecule has 0 spiro atoms. The summed E-state index contributed by atoms with van der Waals surface area (Å²) in [4.78, 5) is 2.03. The third kappa shape index (κ3) is 2.15. The van der Waals surface area contributed by atoms with Crippen molar-refractivity contribution in [3.63, 3.8) is 0 Å². The number of nitrogens with one attached hydrogen (secondary N) is 1. The van der Waals surface area contributed by atoms with Crippen molar-refractivity contribution in [1.82, 2.24) is 0 Å². The molecule has 2 nitrogen and oxygen atoms in total. The average molecular weight is 223 g/mol. The summed E-state index contributed by atoms with van der Waals surface area (Å²) >= 11 is 6.16. The molecule has 0 aromatic heterocycles. The van der Waals surface area contributed by atoms with Crippen molar-refractivity contribution in [1.29, 1.82) is 5.41 Å². The lowest BCUT2D eigenvalue weighted by Gasteiger charge is -2.30. The molecule has 2 rings (SSSR count). The SMILES string of the molecule is Cc1ccc(Cl)c(N2CCCCC2=N)c1. The molecule has 0 atom stereocenters. The number of aryl methyl sites for hydroxylation is 1. The molecule has 0 aliphatic carbocycles. The number of piperidine rings is 1. The summed E-state index contributed by atoms with van der Waals surface area (Å²) in [5.41, 5.74) is 2.18. The van der Waals surface area contributed by atoms with Gasteiger partial charge in [0.15, 0.2) is 0 Å². The Morgan fingerprint density at radius 1 is 1.33 bits per heavy atom. The summed E-state index contributed by atoms with van der Waals surface area (Å²) in [5, 5.41) is 8.66. The van der Waals surface area contributed by atoms with Crippen molar-refractivity contribution >= 4 is 23.1 Å². The molecule has 1 saturated heterocycles. The summed E-state index contributed by atoms with van der Waals surface area (Å²) in [6.45, 7) is 2.97. The maximum atomic E-state index is 7.92. The second kappa shape index (κ2) is 4.23. The number of amidine groups is 1. The molecule has 1 aromatic rings. The highest BCUT2D eigenvalue weighted by atomic mass is 35.5. The van der Waals surface area contributed by atoms with Gasteiger partial charge in [-0.15, -0.1) is 0 Å². The van der Waals surface area contributed by atoms with E-state index in [1.54, 1.807) is 0 Å². The van der Waals surface area contributed by atoms with Crippen LogP contribution in [0.5, 0.6) is 0 Å². The van der Waals surface area contributed by atoms with Crippen LogP contribution in [0.3, 0.4) is 0 Å². The molecule has 0 saturated carbocycles. The van der Waals surface area contributed by atoms with Crippen LogP contribution in [0.4, 0.5) is 5.69 Å². The zero-order chi connectivity index (χ0) is 10.8. The first-order valence-corrected chi connectivity index (χ1v) is 5.67. The van der Waals surface area contributed by atoms with Gasteiger partial charge in [-0.3, -0.25) is 5.41 Å². The number of anilines is 1. The Balaban J connectivity index is 2.34. The summed E-state index contributed by atoms with van der Waals surface area (Å²) in [6, 6.07) is 5.97. The van der Waals surface area contributed by atoms with Crippen LogP contribution in [0.1, 0.15) is 24.8 Å². The lowest BCUT2D eigenvalue weighted by atomic mass is 10.1. The predicted molar refractivity (Wildman–Crippen MR) is 65.1 cm³/mol. The van der Waals surface area contributed by atoms with Crippen LogP contribution in [0.25, 0.3) is 0 Å². The first kappa shape index (κ1) is 10.5. The maximum absolute atomic E-state index is 7.92. The van der Waals surface area contributed by atoms with E-state index in [0.29, 0.717) is 5.84 Å². The average Bonchev–Trinajstić information content (AvgIpc) is 2.23. The van der Waals surface area contributed by atoms with Crippen LogP contribution >= 0.6 is 11.6 Å². The van der Waals surface area contributed by atoms with Crippen LogP contribution in [-0.4, -0.2) is 12.4 Å². The molecule has 0 amide bonds. The molecule has 1 fully saturated rings. The van der Waals surface area contributed by atoms with Gasteiger partial charge in [-0.1, -0.05) is 17.7 Å². The zero-order valence-corrected chi connectivity index (χ0v) is 9.64. The molecule has 1 aliphatic heterocycles. The van der Waals surface area contributed by atoms with Gasteiger partial charge in [0.05, 0.1) is 10.7 Å². The molecule has 1 aliphatic rings. The Bertz CT molecular complexity index is 387. The van der Waals surface area contributed by atoms with Crippen LogP contribution in [0, 0.1) is 12.3 Å². The van der Waals surface area contributed by atoms with Crippen molar-refractivity contribution in [3.8, 4) is 0 Å². The van der Waals surface area contributed by atoms with Crippen LogP contribution < -0.4 is 4.90 Å². The fourth-order valence-corrected chi connectivity index (χ4v) is 2.15. The van der Waals surface area contributed by atoms with Crippen molar-refractivity contribution in [3.05, 3.63) is 28.8 Å². The van der Waals surface area contributed by atoms with E-state index in [-0.39, 0.29) is 0 Å². The summed E-state index contributed by atoms with van der Waals surface area (Å²) in [7, 11) is 0. The second-order valence-corrected chi connectivity index (χ2v) is 4.42. The smallest absolute Gasteiger partial charge is 0.100 e. The number of hydrogen-bond donors (Lipinski definition) is 1. The van der Waals surface area contributed by atoms with Crippen LogP contribution in [0.2, 0.25) is 5.02 Å². The number of hydrogen-bond acceptors (Lipinski definition) is 1. The van der Waals surface area contributed by atoms with Crippen molar-refractivity contribution < 1.29 is 0 Å². The Hall–Kier alpha value is -1.02. The molecule has 0 unspecified atom stereocenters.